The van der Waals surface area contributed by atoms with Crippen LogP contribution in [0.4, 0.5) is 13.2 Å². The smallest absolute Gasteiger partial charge is 0.301 e. The van der Waals surface area contributed by atoms with Gasteiger partial charge in [0, 0.05) is 16.7 Å². The summed E-state index contributed by atoms with van der Waals surface area (Å²) in [4.78, 5) is 22.2. The largest absolute Gasteiger partial charge is 0.433 e. The van der Waals surface area contributed by atoms with Crippen LogP contribution in [0.2, 0.25) is 0 Å². The quantitative estimate of drug-likeness (QED) is 0.684. The molecule has 2 aromatic rings. The molecule has 2 rings (SSSR count). The van der Waals surface area contributed by atoms with E-state index < -0.39 is 17.4 Å². The average molecular weight is 335 g/mol. The molecule has 9 heteroatoms. The fourth-order valence-corrected chi connectivity index (χ4v) is 3.54. The lowest BCUT2D eigenvalue weighted by molar-refractivity contribution is -0.141. The molecule has 21 heavy (non-hydrogen) atoms. The Morgan fingerprint density at radius 2 is 2.14 bits per heavy atom. The van der Waals surface area contributed by atoms with Gasteiger partial charge in [-0.05, 0) is 5.92 Å². The molecule has 0 aliphatic rings. The fraction of sp³-hybridized carbons (Fsp3) is 0.417. The Bertz CT molecular complexity index is 679. The van der Waals surface area contributed by atoms with Crippen molar-refractivity contribution in [1.29, 1.82) is 0 Å². The number of thiazole rings is 1. The molecule has 0 atom stereocenters. The lowest BCUT2D eigenvalue weighted by atomic mass is 10.1. The molecule has 0 radical (unpaired) electrons. The van der Waals surface area contributed by atoms with Crippen molar-refractivity contribution in [1.82, 2.24) is 15.0 Å². The second-order valence-corrected chi connectivity index (χ2v) is 6.44. The molecule has 0 fully saturated rings. The van der Waals surface area contributed by atoms with Crippen molar-refractivity contribution in [2.75, 3.05) is 0 Å². The SMILES string of the molecule is CC(C)c1ncsc1CSc1nc(C(F)(F)F)cc(=O)[nH]1. The van der Waals surface area contributed by atoms with Crippen molar-refractivity contribution >= 4 is 23.1 Å². The molecule has 0 saturated heterocycles. The van der Waals surface area contributed by atoms with Crippen LogP contribution in [0, 0.1) is 0 Å². The molecule has 2 aromatic heterocycles. The van der Waals surface area contributed by atoms with E-state index in [1.807, 2.05) is 13.8 Å². The molecule has 0 spiro atoms. The minimum absolute atomic E-state index is 0.0436. The topological polar surface area (TPSA) is 58.6 Å². The van der Waals surface area contributed by atoms with Gasteiger partial charge in [-0.25, -0.2) is 9.97 Å². The van der Waals surface area contributed by atoms with Crippen LogP contribution in [-0.4, -0.2) is 15.0 Å². The highest BCUT2D eigenvalue weighted by atomic mass is 32.2. The molecule has 114 valence electrons. The molecule has 0 aromatic carbocycles. The molecule has 0 amide bonds. The fourth-order valence-electron chi connectivity index (χ4n) is 1.64. The zero-order chi connectivity index (χ0) is 15.6. The van der Waals surface area contributed by atoms with Crippen molar-refractivity contribution in [3.05, 3.63) is 38.2 Å². The van der Waals surface area contributed by atoms with E-state index in [9.17, 15) is 18.0 Å². The summed E-state index contributed by atoms with van der Waals surface area (Å²) in [5.41, 5.74) is 0.630. The van der Waals surface area contributed by atoms with Crippen molar-refractivity contribution in [2.45, 2.75) is 36.9 Å². The first-order valence-corrected chi connectivity index (χ1v) is 7.87. The maximum atomic E-state index is 12.6. The van der Waals surface area contributed by atoms with Gasteiger partial charge in [0.05, 0.1) is 11.2 Å². The normalized spacial score (nSPS) is 12.1. The third-order valence-electron chi connectivity index (χ3n) is 2.57. The highest BCUT2D eigenvalue weighted by Gasteiger charge is 2.33. The maximum absolute atomic E-state index is 12.6. The van der Waals surface area contributed by atoms with E-state index in [1.165, 1.54) is 11.3 Å². The van der Waals surface area contributed by atoms with Crippen LogP contribution in [0.25, 0.3) is 0 Å². The number of thioether (sulfide) groups is 1. The van der Waals surface area contributed by atoms with E-state index in [1.54, 1.807) is 5.51 Å². The summed E-state index contributed by atoms with van der Waals surface area (Å²) < 4.78 is 37.8. The van der Waals surface area contributed by atoms with E-state index in [2.05, 4.69) is 15.0 Å². The summed E-state index contributed by atoms with van der Waals surface area (Å²) in [5.74, 6) is 0.656. The molecular formula is C12H12F3N3OS2. The predicted molar refractivity (Wildman–Crippen MR) is 75.6 cm³/mol. The Morgan fingerprint density at radius 3 is 2.76 bits per heavy atom. The van der Waals surface area contributed by atoms with Crippen LogP contribution in [0.3, 0.4) is 0 Å². The lowest BCUT2D eigenvalue weighted by Gasteiger charge is -2.07. The van der Waals surface area contributed by atoms with Gasteiger partial charge in [0.1, 0.15) is 0 Å². The zero-order valence-corrected chi connectivity index (χ0v) is 12.8. The van der Waals surface area contributed by atoms with E-state index in [0.29, 0.717) is 11.8 Å². The van der Waals surface area contributed by atoms with Crippen LogP contribution >= 0.6 is 23.1 Å². The van der Waals surface area contributed by atoms with Gasteiger partial charge in [-0.2, -0.15) is 13.2 Å². The first-order valence-electron chi connectivity index (χ1n) is 6.01. The van der Waals surface area contributed by atoms with Gasteiger partial charge in [-0.15, -0.1) is 11.3 Å². The second-order valence-electron chi connectivity index (χ2n) is 4.54. The molecule has 0 aliphatic carbocycles. The van der Waals surface area contributed by atoms with E-state index in [-0.39, 0.29) is 11.1 Å². The van der Waals surface area contributed by atoms with Crippen molar-refractivity contribution in [2.24, 2.45) is 0 Å². The number of alkyl halides is 3. The summed E-state index contributed by atoms with van der Waals surface area (Å²) >= 11 is 2.50. The standard InChI is InChI=1S/C12H12F3N3OS2/c1-6(2)10-7(21-5-16-10)4-20-11-17-8(12(13,14)15)3-9(19)18-11/h3,5-6H,4H2,1-2H3,(H,17,18,19). The van der Waals surface area contributed by atoms with Gasteiger partial charge in [0.25, 0.3) is 5.56 Å². The molecule has 1 N–H and O–H groups in total. The van der Waals surface area contributed by atoms with Crippen LogP contribution in [0.5, 0.6) is 0 Å². The summed E-state index contributed by atoms with van der Waals surface area (Å²) in [5, 5.41) is -0.0436. The Morgan fingerprint density at radius 1 is 1.43 bits per heavy atom. The molecular weight excluding hydrogens is 323 g/mol. The number of rotatable bonds is 4. The number of hydrogen-bond acceptors (Lipinski definition) is 5. The number of aromatic amines is 1. The number of nitrogens with one attached hydrogen (secondary N) is 1. The highest BCUT2D eigenvalue weighted by Crippen LogP contribution is 2.30. The average Bonchev–Trinajstić information content (AvgIpc) is 2.83. The van der Waals surface area contributed by atoms with Crippen molar-refractivity contribution in [3.63, 3.8) is 0 Å². The van der Waals surface area contributed by atoms with Gasteiger partial charge in [-0.3, -0.25) is 4.79 Å². The predicted octanol–water partition coefficient (Wildman–Crippen LogP) is 3.66. The monoisotopic (exact) mass is 335 g/mol. The summed E-state index contributed by atoms with van der Waals surface area (Å²) in [7, 11) is 0. The minimum Gasteiger partial charge on any atom is -0.301 e. The lowest BCUT2D eigenvalue weighted by Crippen LogP contribution is -2.16. The maximum Gasteiger partial charge on any atom is 0.433 e. The van der Waals surface area contributed by atoms with Gasteiger partial charge in [0.15, 0.2) is 10.9 Å². The van der Waals surface area contributed by atoms with E-state index in [4.69, 9.17) is 0 Å². The van der Waals surface area contributed by atoms with E-state index in [0.717, 1.165) is 22.3 Å². The summed E-state index contributed by atoms with van der Waals surface area (Å²) in [6.07, 6.45) is -4.63. The van der Waals surface area contributed by atoms with Crippen LogP contribution in [0.1, 0.15) is 36.0 Å². The molecule has 2 heterocycles. The number of halogens is 3. The first kappa shape index (κ1) is 16.0. The number of nitrogens with zero attached hydrogens (tertiary/aromatic N) is 2. The molecule has 4 nitrogen and oxygen atoms in total. The molecule has 0 bridgehead atoms. The van der Waals surface area contributed by atoms with Gasteiger partial charge >= 0.3 is 6.18 Å². The van der Waals surface area contributed by atoms with Crippen molar-refractivity contribution < 1.29 is 13.2 Å². The third kappa shape index (κ3) is 4.07. The Kier molecular flexibility index (Phi) is 4.72. The van der Waals surface area contributed by atoms with Gasteiger partial charge in [-0.1, -0.05) is 25.6 Å². The van der Waals surface area contributed by atoms with Crippen LogP contribution in [0.15, 0.2) is 21.5 Å². The first-order chi connectivity index (χ1) is 9.77. The number of H-pyrrole nitrogens is 1. The van der Waals surface area contributed by atoms with Crippen LogP contribution in [-0.2, 0) is 11.9 Å². The Hall–Kier alpha value is -1.35. The molecule has 0 unspecified atom stereocenters. The number of aromatic nitrogens is 3. The second kappa shape index (κ2) is 6.18. The summed E-state index contributed by atoms with van der Waals surface area (Å²) in [6.45, 7) is 3.99. The molecule has 0 saturated carbocycles. The van der Waals surface area contributed by atoms with Gasteiger partial charge < -0.3 is 4.98 Å². The van der Waals surface area contributed by atoms with E-state index >= 15 is 0 Å². The van der Waals surface area contributed by atoms with Gasteiger partial charge in [0.2, 0.25) is 0 Å². The highest BCUT2D eigenvalue weighted by molar-refractivity contribution is 7.98. The van der Waals surface area contributed by atoms with Crippen LogP contribution < -0.4 is 5.56 Å². The zero-order valence-electron chi connectivity index (χ0n) is 11.2. The molecule has 0 aliphatic heterocycles. The Labute approximate surface area is 126 Å². The summed E-state index contributed by atoms with van der Waals surface area (Å²) in [6, 6.07) is 0.455. The minimum atomic E-state index is -4.63. The number of hydrogen-bond donors (Lipinski definition) is 1. The van der Waals surface area contributed by atoms with Crippen molar-refractivity contribution in [3.8, 4) is 0 Å². The Balaban J connectivity index is 2.19. The third-order valence-corrected chi connectivity index (χ3v) is 4.50.